The summed E-state index contributed by atoms with van der Waals surface area (Å²) < 4.78 is 0. The normalized spacial score (nSPS) is 17.3. The van der Waals surface area contributed by atoms with Gasteiger partial charge < -0.3 is 15.3 Å². The lowest BCUT2D eigenvalue weighted by atomic mass is 9.92. The van der Waals surface area contributed by atoms with Gasteiger partial charge in [-0.1, -0.05) is 30.3 Å². The molecular weight excluding hydrogens is 216 g/mol. The summed E-state index contributed by atoms with van der Waals surface area (Å²) in [5.41, 5.74) is 0.268. The van der Waals surface area contributed by atoms with Gasteiger partial charge in [0, 0.05) is 26.7 Å². The first kappa shape index (κ1) is 12.1. The quantitative estimate of drug-likeness (QED) is 0.791. The van der Waals surface area contributed by atoms with Gasteiger partial charge in [0.1, 0.15) is 0 Å². The summed E-state index contributed by atoms with van der Waals surface area (Å²) in [6.07, 6.45) is 0.198. The molecule has 0 saturated carbocycles. The molecule has 17 heavy (non-hydrogen) atoms. The molecule has 1 fully saturated rings. The molecule has 0 unspecified atom stereocenters. The van der Waals surface area contributed by atoms with E-state index < -0.39 is 5.60 Å². The fourth-order valence-corrected chi connectivity index (χ4v) is 1.90. The number of carbonyl (C=O) groups excluding carboxylic acids is 1. The molecule has 1 aromatic carbocycles. The van der Waals surface area contributed by atoms with Crippen LogP contribution in [0.2, 0.25) is 0 Å². The molecule has 1 amide bonds. The van der Waals surface area contributed by atoms with Gasteiger partial charge in [-0.3, -0.25) is 4.79 Å². The highest BCUT2D eigenvalue weighted by Crippen LogP contribution is 2.17. The number of hydrogen-bond acceptors (Lipinski definition) is 3. The van der Waals surface area contributed by atoms with E-state index in [2.05, 4.69) is 5.32 Å². The highest BCUT2D eigenvalue weighted by molar-refractivity contribution is 5.77. The maximum absolute atomic E-state index is 11.9. The van der Waals surface area contributed by atoms with E-state index in [0.717, 1.165) is 5.56 Å². The average Bonchev–Trinajstić information content (AvgIpc) is 2.28. The Kier molecular flexibility index (Phi) is 3.45. The molecule has 2 rings (SSSR count). The van der Waals surface area contributed by atoms with Crippen LogP contribution >= 0.6 is 0 Å². The monoisotopic (exact) mass is 234 g/mol. The number of aliphatic hydroxyl groups is 1. The number of rotatable bonds is 4. The van der Waals surface area contributed by atoms with Crippen LogP contribution in [0.3, 0.4) is 0 Å². The first-order valence-electron chi connectivity index (χ1n) is 5.80. The highest BCUT2D eigenvalue weighted by atomic mass is 16.3. The average molecular weight is 234 g/mol. The summed E-state index contributed by atoms with van der Waals surface area (Å²) in [6, 6.07) is 9.84. The van der Waals surface area contributed by atoms with E-state index in [0.29, 0.717) is 19.6 Å². The Bertz CT molecular complexity index is 388. The smallest absolute Gasteiger partial charge is 0.225 e. The summed E-state index contributed by atoms with van der Waals surface area (Å²) in [4.78, 5) is 13.6. The topological polar surface area (TPSA) is 52.6 Å². The molecule has 0 atom stereocenters. The van der Waals surface area contributed by atoms with Gasteiger partial charge in [-0.15, -0.1) is 0 Å². The standard InChI is InChI=1S/C13H18N2O2/c1-15(8-11-5-3-2-4-6-11)12(16)7-13(17)9-14-10-13/h2-6,14,17H,7-10H2,1H3. The van der Waals surface area contributed by atoms with Crippen molar-refractivity contribution < 1.29 is 9.90 Å². The Balaban J connectivity index is 1.87. The van der Waals surface area contributed by atoms with Gasteiger partial charge in [0.2, 0.25) is 5.91 Å². The summed E-state index contributed by atoms with van der Waals surface area (Å²) in [5.74, 6) is -0.0159. The van der Waals surface area contributed by atoms with E-state index in [9.17, 15) is 9.90 Å². The van der Waals surface area contributed by atoms with Crippen molar-refractivity contribution in [3.05, 3.63) is 35.9 Å². The second-order valence-electron chi connectivity index (χ2n) is 4.74. The summed E-state index contributed by atoms with van der Waals surface area (Å²) in [7, 11) is 1.77. The Morgan fingerprint density at radius 3 is 2.59 bits per heavy atom. The van der Waals surface area contributed by atoms with Crippen molar-refractivity contribution in [1.82, 2.24) is 10.2 Å². The van der Waals surface area contributed by atoms with Gasteiger partial charge in [0.25, 0.3) is 0 Å². The lowest BCUT2D eigenvalue weighted by Gasteiger charge is -2.37. The molecule has 1 heterocycles. The third-order valence-corrected chi connectivity index (χ3v) is 3.08. The molecule has 0 aliphatic carbocycles. The maximum Gasteiger partial charge on any atom is 0.225 e. The molecule has 92 valence electrons. The minimum Gasteiger partial charge on any atom is -0.387 e. The van der Waals surface area contributed by atoms with Crippen LogP contribution in [0.5, 0.6) is 0 Å². The summed E-state index contributed by atoms with van der Waals surface area (Å²) in [5, 5.41) is 12.9. The molecule has 0 aromatic heterocycles. The molecule has 1 aliphatic rings. The van der Waals surface area contributed by atoms with Crippen molar-refractivity contribution in [1.29, 1.82) is 0 Å². The van der Waals surface area contributed by atoms with Crippen LogP contribution in [0.4, 0.5) is 0 Å². The van der Waals surface area contributed by atoms with Crippen LogP contribution in [0.15, 0.2) is 30.3 Å². The Hall–Kier alpha value is -1.39. The minimum absolute atomic E-state index is 0.0159. The van der Waals surface area contributed by atoms with Crippen molar-refractivity contribution in [2.24, 2.45) is 0 Å². The van der Waals surface area contributed by atoms with E-state index >= 15 is 0 Å². The van der Waals surface area contributed by atoms with Crippen LogP contribution < -0.4 is 5.32 Å². The molecule has 0 bridgehead atoms. The van der Waals surface area contributed by atoms with Gasteiger partial charge in [-0.05, 0) is 5.56 Å². The second kappa shape index (κ2) is 4.85. The molecule has 0 radical (unpaired) electrons. The molecule has 1 saturated heterocycles. The Morgan fingerprint density at radius 2 is 2.06 bits per heavy atom. The zero-order valence-corrected chi connectivity index (χ0v) is 10.0. The van der Waals surface area contributed by atoms with Crippen LogP contribution in [0.25, 0.3) is 0 Å². The van der Waals surface area contributed by atoms with E-state index in [4.69, 9.17) is 0 Å². The zero-order chi connectivity index (χ0) is 12.3. The fraction of sp³-hybridized carbons (Fsp3) is 0.462. The van der Waals surface area contributed by atoms with Crippen molar-refractivity contribution in [2.75, 3.05) is 20.1 Å². The largest absolute Gasteiger partial charge is 0.387 e. The predicted octanol–water partition coefficient (Wildman–Crippen LogP) is 0.369. The Morgan fingerprint density at radius 1 is 1.41 bits per heavy atom. The zero-order valence-electron chi connectivity index (χ0n) is 10.0. The predicted molar refractivity (Wildman–Crippen MR) is 65.4 cm³/mol. The van der Waals surface area contributed by atoms with Gasteiger partial charge in [-0.2, -0.15) is 0 Å². The molecule has 4 heteroatoms. The van der Waals surface area contributed by atoms with E-state index in [1.54, 1.807) is 11.9 Å². The van der Waals surface area contributed by atoms with Crippen molar-refractivity contribution in [2.45, 2.75) is 18.6 Å². The number of nitrogens with zero attached hydrogens (tertiary/aromatic N) is 1. The lowest BCUT2D eigenvalue weighted by molar-refractivity contribution is -0.137. The third-order valence-electron chi connectivity index (χ3n) is 3.08. The molecular formula is C13H18N2O2. The molecule has 2 N–H and O–H groups in total. The second-order valence-corrected chi connectivity index (χ2v) is 4.74. The first-order chi connectivity index (χ1) is 8.09. The summed E-state index contributed by atoms with van der Waals surface area (Å²) in [6.45, 7) is 1.61. The van der Waals surface area contributed by atoms with Gasteiger partial charge in [0.15, 0.2) is 0 Å². The van der Waals surface area contributed by atoms with Gasteiger partial charge >= 0.3 is 0 Å². The molecule has 4 nitrogen and oxygen atoms in total. The first-order valence-corrected chi connectivity index (χ1v) is 5.80. The number of nitrogens with one attached hydrogen (secondary N) is 1. The van der Waals surface area contributed by atoms with Crippen LogP contribution in [0.1, 0.15) is 12.0 Å². The van der Waals surface area contributed by atoms with Crippen molar-refractivity contribution in [3.8, 4) is 0 Å². The number of β-amino-alcohol motifs (C(OH)–C–C–N with tert-alkyl or cyclic N) is 1. The van der Waals surface area contributed by atoms with Crippen molar-refractivity contribution >= 4 is 5.91 Å². The number of hydrogen-bond donors (Lipinski definition) is 2. The highest BCUT2D eigenvalue weighted by Gasteiger charge is 2.37. The number of benzene rings is 1. The van der Waals surface area contributed by atoms with E-state index in [1.807, 2.05) is 30.3 Å². The van der Waals surface area contributed by atoms with E-state index in [1.165, 1.54) is 0 Å². The lowest BCUT2D eigenvalue weighted by Crippen LogP contribution is -2.61. The van der Waals surface area contributed by atoms with Gasteiger partial charge in [-0.25, -0.2) is 0 Å². The molecule has 0 spiro atoms. The summed E-state index contributed by atoms with van der Waals surface area (Å²) >= 11 is 0. The Labute approximate surface area is 101 Å². The minimum atomic E-state index is -0.831. The van der Waals surface area contributed by atoms with Crippen LogP contribution in [-0.4, -0.2) is 41.7 Å². The SMILES string of the molecule is CN(Cc1ccccc1)C(=O)CC1(O)CNC1. The third kappa shape index (κ3) is 3.05. The van der Waals surface area contributed by atoms with Crippen LogP contribution in [-0.2, 0) is 11.3 Å². The van der Waals surface area contributed by atoms with Gasteiger partial charge in [0.05, 0.1) is 12.0 Å². The van der Waals surface area contributed by atoms with Crippen molar-refractivity contribution in [3.63, 3.8) is 0 Å². The fourth-order valence-electron chi connectivity index (χ4n) is 1.90. The van der Waals surface area contributed by atoms with E-state index in [-0.39, 0.29) is 12.3 Å². The van der Waals surface area contributed by atoms with Crippen LogP contribution in [0, 0.1) is 0 Å². The molecule has 1 aromatic rings. The maximum atomic E-state index is 11.9. The number of carbonyl (C=O) groups is 1. The molecule has 1 aliphatic heterocycles. The number of amides is 1.